The van der Waals surface area contributed by atoms with Crippen molar-refractivity contribution in [3.05, 3.63) is 58.9 Å². The van der Waals surface area contributed by atoms with Crippen molar-refractivity contribution in [2.24, 2.45) is 5.92 Å². The first-order chi connectivity index (χ1) is 15.9. The second-order valence-corrected chi connectivity index (χ2v) is 9.52. The number of halogens is 1. The van der Waals surface area contributed by atoms with Gasteiger partial charge in [0.2, 0.25) is 0 Å². The summed E-state index contributed by atoms with van der Waals surface area (Å²) in [4.78, 5) is 14.5. The molecule has 5 rings (SSSR count). The van der Waals surface area contributed by atoms with Crippen LogP contribution in [0.4, 0.5) is 15.8 Å². The molecule has 174 valence electrons. The molecule has 2 fully saturated rings. The number of hydrogen-bond donors (Lipinski definition) is 1. The van der Waals surface area contributed by atoms with E-state index in [-0.39, 0.29) is 28.6 Å². The fourth-order valence-corrected chi connectivity index (χ4v) is 5.48. The van der Waals surface area contributed by atoms with Crippen LogP contribution in [-0.2, 0) is 11.3 Å². The largest absolute Gasteiger partial charge is 0.755 e. The Hall–Kier alpha value is -2.75. The number of ether oxygens (including phenoxy) is 1. The SMILES string of the molecule is O=C(O)c1c(N(c2ccc(F)cc2C=CCN2CCCC2)S(=O)[O-])ccc2c1OCC1CC21. The van der Waals surface area contributed by atoms with E-state index in [1.807, 2.05) is 6.08 Å². The third-order valence-electron chi connectivity index (χ3n) is 6.58. The van der Waals surface area contributed by atoms with Gasteiger partial charge in [-0.15, -0.1) is 0 Å². The van der Waals surface area contributed by atoms with Gasteiger partial charge in [0.1, 0.15) is 17.1 Å². The van der Waals surface area contributed by atoms with Crippen LogP contribution in [0.15, 0.2) is 36.4 Å². The minimum Gasteiger partial charge on any atom is -0.755 e. The molecule has 2 aliphatic heterocycles. The topological polar surface area (TPSA) is 93.1 Å². The number of benzene rings is 2. The molecule has 1 aliphatic carbocycles. The lowest BCUT2D eigenvalue weighted by molar-refractivity contribution is 0.0692. The van der Waals surface area contributed by atoms with Crippen molar-refractivity contribution < 1.29 is 27.8 Å². The zero-order valence-electron chi connectivity index (χ0n) is 17.9. The number of hydrogen-bond acceptors (Lipinski definition) is 5. The van der Waals surface area contributed by atoms with Gasteiger partial charge in [0.05, 0.1) is 29.2 Å². The summed E-state index contributed by atoms with van der Waals surface area (Å²) >= 11 is -2.86. The van der Waals surface area contributed by atoms with E-state index < -0.39 is 23.1 Å². The van der Waals surface area contributed by atoms with Crippen LogP contribution in [0.3, 0.4) is 0 Å². The minimum absolute atomic E-state index is 0.0329. The van der Waals surface area contributed by atoms with E-state index in [1.54, 1.807) is 12.1 Å². The Labute approximate surface area is 193 Å². The molecule has 7 nitrogen and oxygen atoms in total. The molecule has 3 atom stereocenters. The molecule has 0 radical (unpaired) electrons. The predicted molar refractivity (Wildman–Crippen MR) is 122 cm³/mol. The van der Waals surface area contributed by atoms with Crippen molar-refractivity contribution in [3.63, 3.8) is 0 Å². The van der Waals surface area contributed by atoms with Crippen molar-refractivity contribution in [2.75, 3.05) is 30.5 Å². The Kier molecular flexibility index (Phi) is 5.94. The summed E-state index contributed by atoms with van der Waals surface area (Å²) < 4.78 is 45.6. The third kappa shape index (κ3) is 4.28. The molecule has 0 bridgehead atoms. The summed E-state index contributed by atoms with van der Waals surface area (Å²) in [6, 6.07) is 7.01. The number of aromatic carboxylic acids is 1. The highest BCUT2D eigenvalue weighted by molar-refractivity contribution is 7.81. The highest BCUT2D eigenvalue weighted by Gasteiger charge is 2.45. The van der Waals surface area contributed by atoms with Crippen molar-refractivity contribution in [1.29, 1.82) is 0 Å². The maximum absolute atomic E-state index is 14.1. The van der Waals surface area contributed by atoms with Gasteiger partial charge in [-0.3, -0.25) is 13.4 Å². The molecule has 1 saturated carbocycles. The van der Waals surface area contributed by atoms with Gasteiger partial charge in [0, 0.05) is 18.0 Å². The standard InChI is InChI=1S/C24H25FN2O5S/c25-17-5-7-20(15(12-17)4-3-11-26-9-1-2-10-26)27(33(30)31)21-8-6-18-19-13-16(19)14-32-23(18)22(21)24(28)29/h3-8,12,16,19H,1-2,9-11,13-14H2,(H,28,29)(H,30,31)/p-1. The summed E-state index contributed by atoms with van der Waals surface area (Å²) in [6.45, 7) is 3.08. The molecular formula is C24H24FN2O5S-. The van der Waals surface area contributed by atoms with Gasteiger partial charge >= 0.3 is 5.97 Å². The fraction of sp³-hybridized carbons (Fsp3) is 0.375. The summed E-state index contributed by atoms with van der Waals surface area (Å²) in [6.07, 6.45) is 6.77. The van der Waals surface area contributed by atoms with Crippen LogP contribution in [0, 0.1) is 11.7 Å². The zero-order chi connectivity index (χ0) is 23.1. The Balaban J connectivity index is 1.57. The maximum Gasteiger partial charge on any atom is 0.341 e. The molecular weight excluding hydrogens is 447 g/mol. The third-order valence-corrected chi connectivity index (χ3v) is 7.27. The van der Waals surface area contributed by atoms with Crippen molar-refractivity contribution in [2.45, 2.75) is 25.2 Å². The minimum atomic E-state index is -2.86. The zero-order valence-corrected chi connectivity index (χ0v) is 18.7. The van der Waals surface area contributed by atoms with Crippen LogP contribution in [0.2, 0.25) is 0 Å². The fourth-order valence-electron chi connectivity index (χ4n) is 4.84. The van der Waals surface area contributed by atoms with E-state index >= 15 is 0 Å². The molecule has 1 saturated heterocycles. The highest BCUT2D eigenvalue weighted by atomic mass is 32.2. The Morgan fingerprint density at radius 2 is 2.03 bits per heavy atom. The number of nitrogens with zero attached hydrogens (tertiary/aromatic N) is 2. The molecule has 0 aromatic heterocycles. The van der Waals surface area contributed by atoms with Crippen molar-refractivity contribution in [1.82, 2.24) is 4.90 Å². The maximum atomic E-state index is 14.1. The first kappa shape index (κ1) is 22.1. The van der Waals surface area contributed by atoms with Gasteiger partial charge in [-0.25, -0.2) is 9.18 Å². The number of rotatable bonds is 7. The molecule has 2 heterocycles. The van der Waals surface area contributed by atoms with Gasteiger partial charge in [0.15, 0.2) is 0 Å². The molecule has 33 heavy (non-hydrogen) atoms. The van der Waals surface area contributed by atoms with Crippen LogP contribution in [0.5, 0.6) is 5.75 Å². The number of carboxylic acids is 1. The quantitative estimate of drug-likeness (QED) is 0.612. The Morgan fingerprint density at radius 1 is 1.27 bits per heavy atom. The molecule has 0 amide bonds. The van der Waals surface area contributed by atoms with Gasteiger partial charge in [-0.2, -0.15) is 0 Å². The number of likely N-dealkylation sites (tertiary alicyclic amines) is 1. The normalized spacial score (nSPS) is 22.5. The van der Waals surface area contributed by atoms with Crippen molar-refractivity contribution >= 4 is 34.7 Å². The molecule has 0 spiro atoms. The van der Waals surface area contributed by atoms with E-state index in [1.165, 1.54) is 18.2 Å². The smallest absolute Gasteiger partial charge is 0.341 e. The predicted octanol–water partition coefficient (Wildman–Crippen LogP) is 4.06. The second kappa shape index (κ2) is 8.89. The summed E-state index contributed by atoms with van der Waals surface area (Å²) in [5.74, 6) is -0.920. The van der Waals surface area contributed by atoms with E-state index in [0.29, 0.717) is 24.6 Å². The Bertz CT molecular complexity index is 1150. The van der Waals surface area contributed by atoms with Crippen LogP contribution in [0.25, 0.3) is 6.08 Å². The van der Waals surface area contributed by atoms with Gasteiger partial charge in [0.25, 0.3) is 0 Å². The summed E-state index contributed by atoms with van der Waals surface area (Å²) in [5, 5.41) is 9.99. The van der Waals surface area contributed by atoms with Gasteiger partial charge in [-0.05, 0) is 68.1 Å². The lowest BCUT2D eigenvalue weighted by Gasteiger charge is -2.31. The average Bonchev–Trinajstić information content (AvgIpc) is 3.40. The van der Waals surface area contributed by atoms with Gasteiger partial charge in [-0.1, -0.05) is 18.2 Å². The van der Waals surface area contributed by atoms with Gasteiger partial charge < -0.3 is 14.4 Å². The number of fused-ring (bicyclic) bond motifs is 3. The average molecular weight is 472 g/mol. The van der Waals surface area contributed by atoms with E-state index in [4.69, 9.17) is 4.74 Å². The monoisotopic (exact) mass is 471 g/mol. The molecule has 3 unspecified atom stereocenters. The van der Waals surface area contributed by atoms with E-state index in [9.17, 15) is 23.1 Å². The molecule has 9 heteroatoms. The number of carbonyl (C=O) groups is 1. The molecule has 3 aliphatic rings. The molecule has 1 N–H and O–H groups in total. The first-order valence-electron chi connectivity index (χ1n) is 11.0. The highest BCUT2D eigenvalue weighted by Crippen LogP contribution is 2.56. The Morgan fingerprint density at radius 3 is 2.76 bits per heavy atom. The second-order valence-electron chi connectivity index (χ2n) is 8.72. The van der Waals surface area contributed by atoms with E-state index in [0.717, 1.165) is 48.3 Å². The summed E-state index contributed by atoms with van der Waals surface area (Å²) in [7, 11) is 0. The van der Waals surface area contributed by atoms with Crippen LogP contribution < -0.4 is 9.04 Å². The summed E-state index contributed by atoms with van der Waals surface area (Å²) in [5.41, 5.74) is 1.09. The number of anilines is 2. The molecule has 2 aromatic carbocycles. The van der Waals surface area contributed by atoms with E-state index in [2.05, 4.69) is 4.90 Å². The lowest BCUT2D eigenvalue weighted by Crippen LogP contribution is -2.24. The molecule has 2 aromatic rings. The van der Waals surface area contributed by atoms with Crippen LogP contribution in [-0.4, -0.2) is 51.0 Å². The van der Waals surface area contributed by atoms with Crippen LogP contribution in [0.1, 0.15) is 46.7 Å². The first-order valence-corrected chi connectivity index (χ1v) is 12.1. The number of carboxylic acid groups (broad SMARTS) is 1. The lowest BCUT2D eigenvalue weighted by atomic mass is 9.99. The van der Waals surface area contributed by atoms with Crippen LogP contribution >= 0.6 is 0 Å². The van der Waals surface area contributed by atoms with Crippen molar-refractivity contribution in [3.8, 4) is 5.75 Å².